The van der Waals surface area contributed by atoms with Gasteiger partial charge in [-0.15, -0.1) is 0 Å². The highest BCUT2D eigenvalue weighted by Crippen LogP contribution is 2.28. The second-order valence-corrected chi connectivity index (χ2v) is 7.54. The quantitative estimate of drug-likeness (QED) is 0.391. The van der Waals surface area contributed by atoms with Gasteiger partial charge in [0.2, 0.25) is 0 Å². The lowest BCUT2D eigenvalue weighted by atomic mass is 9.96. The van der Waals surface area contributed by atoms with Crippen molar-refractivity contribution in [3.8, 4) is 11.5 Å². The molecule has 7 nitrogen and oxygen atoms in total. The van der Waals surface area contributed by atoms with E-state index in [1.807, 2.05) is 4.90 Å². The molecule has 1 amide bonds. The van der Waals surface area contributed by atoms with Gasteiger partial charge in [0.1, 0.15) is 17.8 Å². The summed E-state index contributed by atoms with van der Waals surface area (Å²) in [7, 11) is 0. The van der Waals surface area contributed by atoms with Crippen LogP contribution < -0.4 is 20.5 Å². The monoisotopic (exact) mass is 485 g/mol. The third-order valence-corrected chi connectivity index (χ3v) is 4.94. The Morgan fingerprint density at radius 1 is 1.15 bits per heavy atom. The van der Waals surface area contributed by atoms with Crippen LogP contribution in [0.2, 0.25) is 0 Å². The fourth-order valence-corrected chi connectivity index (χ4v) is 3.46. The van der Waals surface area contributed by atoms with Crippen molar-refractivity contribution in [1.29, 1.82) is 0 Å². The van der Waals surface area contributed by atoms with Gasteiger partial charge in [-0.05, 0) is 37.6 Å². The molecule has 33 heavy (non-hydrogen) atoms. The Kier molecular flexibility index (Phi) is 9.35. The molecule has 1 saturated heterocycles. The van der Waals surface area contributed by atoms with Gasteiger partial charge in [-0.25, -0.2) is 0 Å². The van der Waals surface area contributed by atoms with Crippen molar-refractivity contribution < 1.29 is 45.4 Å². The van der Waals surface area contributed by atoms with Crippen LogP contribution in [-0.4, -0.2) is 74.4 Å². The molecule has 1 aliphatic heterocycles. The Labute approximate surface area is 186 Å². The zero-order valence-corrected chi connectivity index (χ0v) is 17.5. The summed E-state index contributed by atoms with van der Waals surface area (Å²) >= 11 is 0. The average molecular weight is 485 g/mol. The van der Waals surface area contributed by atoms with E-state index in [2.05, 4.69) is 14.8 Å². The number of hydrogen-bond acceptors (Lipinski definition) is 6. The van der Waals surface area contributed by atoms with Crippen LogP contribution >= 0.6 is 0 Å². The molecule has 0 radical (unpaired) electrons. The lowest BCUT2D eigenvalue weighted by Gasteiger charge is -2.39. The fourth-order valence-electron chi connectivity index (χ4n) is 3.46. The third-order valence-electron chi connectivity index (χ3n) is 4.94. The van der Waals surface area contributed by atoms with Crippen LogP contribution in [0.15, 0.2) is 18.2 Å². The first-order valence-corrected chi connectivity index (χ1v) is 10.1. The van der Waals surface area contributed by atoms with Gasteiger partial charge >= 0.3 is 12.4 Å². The van der Waals surface area contributed by atoms with Crippen molar-refractivity contribution in [3.05, 3.63) is 23.8 Å². The lowest BCUT2D eigenvalue weighted by Crippen LogP contribution is -2.57. The van der Waals surface area contributed by atoms with Gasteiger partial charge in [0, 0.05) is 31.6 Å². The Morgan fingerprint density at radius 3 is 2.45 bits per heavy atom. The lowest BCUT2D eigenvalue weighted by molar-refractivity contribution is -0.154. The van der Waals surface area contributed by atoms with E-state index in [0.29, 0.717) is 19.5 Å². The SMILES string of the molecule is NC1CCCN(CCC=O)C1CNC(=O)c1cc(OCC(F)(F)F)ccc1OCC(F)(F)F. The van der Waals surface area contributed by atoms with Crippen molar-refractivity contribution in [2.75, 3.05) is 32.8 Å². The molecule has 1 fully saturated rings. The van der Waals surface area contributed by atoms with E-state index in [9.17, 15) is 35.9 Å². The minimum Gasteiger partial charge on any atom is -0.484 e. The molecular weight excluding hydrogens is 460 g/mol. The number of alkyl halides is 6. The number of hydrogen-bond donors (Lipinski definition) is 2. The Bertz CT molecular complexity index is 803. The molecule has 1 heterocycles. The number of amides is 1. The number of rotatable bonds is 10. The summed E-state index contributed by atoms with van der Waals surface area (Å²) in [6, 6.07) is 2.17. The second-order valence-electron chi connectivity index (χ2n) is 7.54. The Morgan fingerprint density at radius 2 is 1.82 bits per heavy atom. The predicted molar refractivity (Wildman–Crippen MR) is 105 cm³/mol. The topological polar surface area (TPSA) is 93.9 Å². The van der Waals surface area contributed by atoms with Crippen LogP contribution in [0.25, 0.3) is 0 Å². The van der Waals surface area contributed by atoms with Crippen LogP contribution in [0.3, 0.4) is 0 Å². The van der Waals surface area contributed by atoms with Crippen LogP contribution in [0, 0.1) is 0 Å². The average Bonchev–Trinajstić information content (AvgIpc) is 2.73. The number of piperidine rings is 1. The van der Waals surface area contributed by atoms with Crippen LogP contribution in [0.4, 0.5) is 26.3 Å². The molecular formula is C20H25F6N3O4. The Hall–Kier alpha value is -2.54. The van der Waals surface area contributed by atoms with Gasteiger partial charge in [0.05, 0.1) is 5.56 Å². The standard InChI is InChI=1S/C20H25F6N3O4/c21-19(22,23)11-32-13-4-5-17(33-12-20(24,25)26)14(9-13)18(31)28-10-16-15(27)3-1-6-29(16)7-2-8-30/h4-5,8-9,15-16H,1-3,6-7,10-12,27H2,(H,28,31). The van der Waals surface area contributed by atoms with E-state index in [1.54, 1.807) is 0 Å². The smallest absolute Gasteiger partial charge is 0.422 e. The van der Waals surface area contributed by atoms with E-state index in [4.69, 9.17) is 5.73 Å². The maximum atomic E-state index is 12.7. The highest BCUT2D eigenvalue weighted by molar-refractivity contribution is 5.97. The maximum absolute atomic E-state index is 12.7. The van der Waals surface area contributed by atoms with Gasteiger partial charge < -0.3 is 25.3 Å². The number of likely N-dealkylation sites (tertiary alicyclic amines) is 1. The Balaban J connectivity index is 2.17. The summed E-state index contributed by atoms with van der Waals surface area (Å²) < 4.78 is 84.2. The summed E-state index contributed by atoms with van der Waals surface area (Å²) in [5.74, 6) is -1.69. The molecule has 13 heteroatoms. The van der Waals surface area contributed by atoms with Crippen molar-refractivity contribution in [3.63, 3.8) is 0 Å². The molecule has 0 aromatic heterocycles. The van der Waals surface area contributed by atoms with Gasteiger partial charge in [-0.1, -0.05) is 0 Å². The minimum absolute atomic E-state index is 0.0191. The van der Waals surface area contributed by atoms with Crippen LogP contribution in [0.5, 0.6) is 11.5 Å². The zero-order valence-electron chi connectivity index (χ0n) is 17.5. The number of carbonyl (C=O) groups is 2. The number of nitrogens with zero attached hydrogens (tertiary/aromatic N) is 1. The van der Waals surface area contributed by atoms with E-state index < -0.39 is 42.8 Å². The molecule has 1 aliphatic rings. The summed E-state index contributed by atoms with van der Waals surface area (Å²) in [5, 5.41) is 2.55. The van der Waals surface area contributed by atoms with E-state index >= 15 is 0 Å². The molecule has 186 valence electrons. The number of benzene rings is 1. The molecule has 0 saturated carbocycles. The largest absolute Gasteiger partial charge is 0.484 e. The van der Waals surface area contributed by atoms with Gasteiger partial charge in [0.15, 0.2) is 13.2 Å². The number of ether oxygens (including phenoxy) is 2. The highest BCUT2D eigenvalue weighted by atomic mass is 19.4. The molecule has 2 unspecified atom stereocenters. The third kappa shape index (κ3) is 9.08. The molecule has 2 rings (SSSR count). The molecule has 1 aromatic carbocycles. The summed E-state index contributed by atoms with van der Waals surface area (Å²) in [5.41, 5.74) is 5.72. The van der Waals surface area contributed by atoms with Gasteiger partial charge in [-0.3, -0.25) is 9.69 Å². The number of carbonyl (C=O) groups excluding carboxylic acids is 2. The highest BCUT2D eigenvalue weighted by Gasteiger charge is 2.32. The van der Waals surface area contributed by atoms with Crippen LogP contribution in [0.1, 0.15) is 29.6 Å². The molecule has 1 aromatic rings. The van der Waals surface area contributed by atoms with Gasteiger partial charge in [-0.2, -0.15) is 26.3 Å². The van der Waals surface area contributed by atoms with Crippen molar-refractivity contribution >= 4 is 12.2 Å². The maximum Gasteiger partial charge on any atom is 0.422 e. The van der Waals surface area contributed by atoms with E-state index in [1.165, 1.54) is 0 Å². The molecule has 3 N–H and O–H groups in total. The first-order valence-electron chi connectivity index (χ1n) is 10.1. The van der Waals surface area contributed by atoms with E-state index in [-0.39, 0.29) is 30.8 Å². The summed E-state index contributed by atoms with van der Waals surface area (Å²) in [6.07, 6.45) is -6.82. The van der Waals surface area contributed by atoms with Crippen molar-refractivity contribution in [1.82, 2.24) is 10.2 Å². The van der Waals surface area contributed by atoms with E-state index in [0.717, 1.165) is 30.9 Å². The fraction of sp³-hybridized carbons (Fsp3) is 0.600. The number of nitrogens with two attached hydrogens (primary N) is 1. The summed E-state index contributed by atoms with van der Waals surface area (Å²) in [4.78, 5) is 25.4. The molecule has 0 aliphatic carbocycles. The second kappa shape index (κ2) is 11.5. The first kappa shape index (κ1) is 26.7. The molecule has 0 spiro atoms. The molecule has 0 bridgehead atoms. The van der Waals surface area contributed by atoms with Gasteiger partial charge in [0.25, 0.3) is 5.91 Å². The van der Waals surface area contributed by atoms with Crippen LogP contribution in [-0.2, 0) is 4.79 Å². The van der Waals surface area contributed by atoms with Crippen molar-refractivity contribution in [2.24, 2.45) is 5.73 Å². The number of halogens is 6. The number of nitrogens with one attached hydrogen (secondary N) is 1. The number of aldehydes is 1. The zero-order chi connectivity index (χ0) is 24.6. The predicted octanol–water partition coefficient (Wildman–Crippen LogP) is 2.68. The normalized spacial score (nSPS) is 19.7. The minimum atomic E-state index is -4.69. The first-order chi connectivity index (χ1) is 15.4. The molecule has 2 atom stereocenters. The van der Waals surface area contributed by atoms with Crippen molar-refractivity contribution in [2.45, 2.75) is 43.7 Å². The summed E-state index contributed by atoms with van der Waals surface area (Å²) in [6.45, 7) is -2.23.